The van der Waals surface area contributed by atoms with Gasteiger partial charge in [0, 0.05) is 0 Å². The molecule has 122 valence electrons. The van der Waals surface area contributed by atoms with Gasteiger partial charge >= 0.3 is 0 Å². The van der Waals surface area contributed by atoms with Crippen LogP contribution >= 0.6 is 0 Å². The van der Waals surface area contributed by atoms with Crippen molar-refractivity contribution in [3.8, 4) is 5.75 Å². The van der Waals surface area contributed by atoms with Crippen molar-refractivity contribution < 1.29 is 24.2 Å². The monoisotopic (exact) mass is 300 g/mol. The molecule has 0 fully saturated rings. The van der Waals surface area contributed by atoms with E-state index in [0.29, 0.717) is 0 Å². The fourth-order valence-electron chi connectivity index (χ4n) is 0.801. The maximum Gasteiger partial charge on any atom is 0.290 e. The lowest BCUT2D eigenvalue weighted by atomic mass is 10.2. The van der Waals surface area contributed by atoms with Crippen molar-refractivity contribution in [2.75, 3.05) is 6.61 Å². The molecule has 0 saturated carbocycles. The second-order valence-corrected chi connectivity index (χ2v) is 3.29. The first-order valence-corrected chi connectivity index (χ1v) is 6.53. The predicted molar refractivity (Wildman–Crippen MR) is 85.9 cm³/mol. The normalized spacial score (nSPS) is 6.71. The van der Waals surface area contributed by atoms with Gasteiger partial charge in [-0.3, -0.25) is 4.79 Å². The maximum absolute atomic E-state index is 8.81. The lowest BCUT2D eigenvalue weighted by Crippen LogP contribution is -1.90. The number of carbonyl (C=O) groups excluding carboxylic acids is 2. The van der Waals surface area contributed by atoms with Crippen molar-refractivity contribution in [3.05, 3.63) is 29.8 Å². The first-order chi connectivity index (χ1) is 10.1. The number of hydrogen-bond donors (Lipinski definition) is 1. The van der Waals surface area contributed by atoms with Crippen molar-refractivity contribution >= 4 is 19.5 Å². The molecule has 1 N–H and O–H groups in total. The Balaban J connectivity index is -0.000000110. The maximum atomic E-state index is 8.81. The van der Waals surface area contributed by atoms with Crippen molar-refractivity contribution in [2.24, 2.45) is 0 Å². The predicted octanol–water partition coefficient (Wildman–Crippen LogP) is 3.53. The lowest BCUT2D eigenvalue weighted by molar-refractivity contribution is -0.122. The zero-order valence-electron chi connectivity index (χ0n) is 13.7. The number of carbonyl (C=O) groups is 3. The first-order valence-electron chi connectivity index (χ1n) is 6.53. The van der Waals surface area contributed by atoms with Crippen LogP contribution < -0.4 is 4.74 Å². The molecule has 1 aromatic carbocycles. The third-order valence-corrected chi connectivity index (χ3v) is 1.33. The van der Waals surface area contributed by atoms with Crippen LogP contribution in [0, 0.1) is 6.92 Å². The van der Waals surface area contributed by atoms with Gasteiger partial charge in [-0.2, -0.15) is 0 Å². The molecule has 1 aromatic rings. The SMILES string of the molecule is C=O.CC=O.CCC.CCOc1ccc(C)cc1.O=CO. The van der Waals surface area contributed by atoms with Crippen LogP contribution in [0.1, 0.15) is 39.7 Å². The quantitative estimate of drug-likeness (QED) is 0.845. The molecule has 5 nitrogen and oxygen atoms in total. The Morgan fingerprint density at radius 3 is 1.62 bits per heavy atom. The van der Waals surface area contributed by atoms with Crippen molar-refractivity contribution in [3.63, 3.8) is 0 Å². The van der Waals surface area contributed by atoms with E-state index in [4.69, 9.17) is 24.2 Å². The summed E-state index contributed by atoms with van der Waals surface area (Å²) in [7, 11) is 0. The number of benzene rings is 1. The minimum Gasteiger partial charge on any atom is -0.494 e. The fourth-order valence-corrected chi connectivity index (χ4v) is 0.801. The van der Waals surface area contributed by atoms with Crippen molar-refractivity contribution in [2.45, 2.75) is 41.0 Å². The first kappa shape index (κ1) is 27.2. The number of hydrogen-bond acceptors (Lipinski definition) is 4. The van der Waals surface area contributed by atoms with E-state index in [1.807, 2.05) is 38.0 Å². The molecule has 21 heavy (non-hydrogen) atoms. The van der Waals surface area contributed by atoms with Crippen LogP contribution in [0.5, 0.6) is 5.75 Å². The number of ether oxygens (including phenoxy) is 1. The molecule has 1 rings (SSSR count). The Hall–Kier alpha value is -2.17. The Bertz CT molecular complexity index is 290. The Kier molecular flexibility index (Phi) is 39.8. The van der Waals surface area contributed by atoms with Crippen LogP contribution in [0.4, 0.5) is 0 Å². The summed E-state index contributed by atoms with van der Waals surface area (Å²) in [6.07, 6.45) is 2.00. The van der Waals surface area contributed by atoms with Crippen LogP contribution in [-0.2, 0) is 14.4 Å². The molecule has 0 aliphatic heterocycles. The number of aryl methyl sites for hydroxylation is 1. The van der Waals surface area contributed by atoms with E-state index in [2.05, 4.69) is 20.8 Å². The van der Waals surface area contributed by atoms with E-state index in [0.717, 1.165) is 18.6 Å². The molecular weight excluding hydrogens is 272 g/mol. The minimum absolute atomic E-state index is 0.250. The van der Waals surface area contributed by atoms with Gasteiger partial charge in [0.2, 0.25) is 0 Å². The van der Waals surface area contributed by atoms with Gasteiger partial charge in [-0.1, -0.05) is 38.0 Å². The third-order valence-electron chi connectivity index (χ3n) is 1.33. The zero-order chi connectivity index (χ0) is 17.5. The number of aldehydes is 1. The standard InChI is InChI=1S/C9H12O.C3H8.C2H4O.CH2O2.CH2O/c1-3-10-9-6-4-8(2)5-7-9;1-3-2;1-2-3;2-1-3;1-2/h4-7H,3H2,1-2H3;3H2,1-2H3;2H,1H3;1H,(H,2,3);1H2. The molecule has 0 atom stereocenters. The van der Waals surface area contributed by atoms with Crippen LogP contribution in [0.3, 0.4) is 0 Å². The van der Waals surface area contributed by atoms with Crippen LogP contribution in [0.25, 0.3) is 0 Å². The van der Waals surface area contributed by atoms with Gasteiger partial charge in [-0.25, -0.2) is 0 Å². The highest BCUT2D eigenvalue weighted by atomic mass is 16.5. The van der Waals surface area contributed by atoms with E-state index in [1.165, 1.54) is 18.9 Å². The second-order valence-electron chi connectivity index (χ2n) is 3.29. The molecule has 0 saturated heterocycles. The summed E-state index contributed by atoms with van der Waals surface area (Å²) in [6, 6.07) is 8.06. The molecule has 0 aliphatic carbocycles. The molecule has 0 heterocycles. The summed E-state index contributed by atoms with van der Waals surface area (Å²) in [5.74, 6) is 0.952. The van der Waals surface area contributed by atoms with Crippen LogP contribution in [0.15, 0.2) is 24.3 Å². The Morgan fingerprint density at radius 1 is 1.10 bits per heavy atom. The van der Waals surface area contributed by atoms with E-state index in [1.54, 1.807) is 0 Å². The van der Waals surface area contributed by atoms with Gasteiger partial charge in [0.1, 0.15) is 18.8 Å². The largest absolute Gasteiger partial charge is 0.494 e. The van der Waals surface area contributed by atoms with Gasteiger partial charge in [0.25, 0.3) is 6.47 Å². The van der Waals surface area contributed by atoms with E-state index in [9.17, 15) is 0 Å². The van der Waals surface area contributed by atoms with E-state index >= 15 is 0 Å². The van der Waals surface area contributed by atoms with Crippen molar-refractivity contribution in [1.29, 1.82) is 0 Å². The molecule has 0 aromatic heterocycles. The summed E-state index contributed by atoms with van der Waals surface area (Å²) >= 11 is 0. The molecule has 0 spiro atoms. The molecule has 0 aliphatic rings. The van der Waals surface area contributed by atoms with Gasteiger partial charge in [-0.15, -0.1) is 0 Å². The highest BCUT2D eigenvalue weighted by molar-refractivity contribution is 5.44. The lowest BCUT2D eigenvalue weighted by Gasteiger charge is -2.01. The second kappa shape index (κ2) is 30.7. The van der Waals surface area contributed by atoms with Gasteiger partial charge in [0.05, 0.1) is 6.61 Å². The highest BCUT2D eigenvalue weighted by Crippen LogP contribution is 2.10. The summed E-state index contributed by atoms with van der Waals surface area (Å²) in [6.45, 7) is 12.2. The van der Waals surface area contributed by atoms with Gasteiger partial charge in [-0.05, 0) is 32.9 Å². The van der Waals surface area contributed by atoms with Crippen molar-refractivity contribution in [1.82, 2.24) is 0 Å². The zero-order valence-corrected chi connectivity index (χ0v) is 13.7. The van der Waals surface area contributed by atoms with Gasteiger partial charge < -0.3 is 19.4 Å². The van der Waals surface area contributed by atoms with E-state index < -0.39 is 0 Å². The minimum atomic E-state index is -0.250. The summed E-state index contributed by atoms with van der Waals surface area (Å²) in [5.41, 5.74) is 1.27. The number of carboxylic acid groups (broad SMARTS) is 1. The third kappa shape index (κ3) is 38.1. The smallest absolute Gasteiger partial charge is 0.290 e. The molecule has 5 heteroatoms. The Morgan fingerprint density at radius 2 is 1.38 bits per heavy atom. The summed E-state index contributed by atoms with van der Waals surface area (Å²) < 4.78 is 5.26. The topological polar surface area (TPSA) is 80.7 Å². The summed E-state index contributed by atoms with van der Waals surface area (Å²) in [4.78, 5) is 25.2. The summed E-state index contributed by atoms with van der Waals surface area (Å²) in [5, 5.41) is 6.89. The number of rotatable bonds is 2. The Labute approximate surface area is 127 Å². The molecule has 0 amide bonds. The highest BCUT2D eigenvalue weighted by Gasteiger charge is 1.87. The molecule has 0 bridgehead atoms. The van der Waals surface area contributed by atoms with Gasteiger partial charge in [0.15, 0.2) is 0 Å². The van der Waals surface area contributed by atoms with Crippen LogP contribution in [-0.4, -0.2) is 31.3 Å². The average Bonchev–Trinajstić information content (AvgIpc) is 2.46. The average molecular weight is 300 g/mol. The van der Waals surface area contributed by atoms with E-state index in [-0.39, 0.29) is 6.47 Å². The fraction of sp³-hybridized carbons (Fsp3) is 0.438. The molecule has 0 unspecified atom stereocenters. The van der Waals surface area contributed by atoms with Crippen LogP contribution in [0.2, 0.25) is 0 Å². The molecule has 0 radical (unpaired) electrons. The molecular formula is C16H28O5.